The van der Waals surface area contributed by atoms with Gasteiger partial charge >= 0.3 is 5.97 Å². The van der Waals surface area contributed by atoms with Crippen molar-refractivity contribution in [3.05, 3.63) is 28.8 Å². The summed E-state index contributed by atoms with van der Waals surface area (Å²) in [5.41, 5.74) is 2.11. The van der Waals surface area contributed by atoms with Crippen molar-refractivity contribution in [2.75, 3.05) is 6.61 Å². The van der Waals surface area contributed by atoms with E-state index in [9.17, 15) is 9.59 Å². The van der Waals surface area contributed by atoms with Gasteiger partial charge in [-0.2, -0.15) is 0 Å². The van der Waals surface area contributed by atoms with Crippen LogP contribution in [0.5, 0.6) is 5.75 Å². The maximum atomic E-state index is 12.1. The number of hydrogen-bond acceptors (Lipinski definition) is 3. The van der Waals surface area contributed by atoms with Gasteiger partial charge in [-0.05, 0) is 49.4 Å². The fourth-order valence-corrected chi connectivity index (χ4v) is 2.22. The SMILES string of the molecule is Cc1cc(C(=O)NC2CC2C)cc(C)c1OCC(=O)O. The van der Waals surface area contributed by atoms with Crippen molar-refractivity contribution in [3.8, 4) is 5.75 Å². The maximum Gasteiger partial charge on any atom is 0.341 e. The second-order valence-electron chi connectivity index (χ2n) is 5.41. The quantitative estimate of drug-likeness (QED) is 0.862. The van der Waals surface area contributed by atoms with Gasteiger partial charge in [-0.1, -0.05) is 6.92 Å². The molecule has 0 saturated heterocycles. The molecule has 108 valence electrons. The van der Waals surface area contributed by atoms with E-state index in [1.165, 1.54) is 0 Å². The Morgan fingerprint density at radius 3 is 2.35 bits per heavy atom. The molecule has 0 heterocycles. The minimum Gasteiger partial charge on any atom is -0.481 e. The molecule has 1 fully saturated rings. The molecule has 2 N–H and O–H groups in total. The standard InChI is InChI=1S/C15H19NO4/c1-8-6-12(8)16-15(19)11-4-9(2)14(10(3)5-11)20-7-13(17)18/h4-5,8,12H,6-7H2,1-3H3,(H,16,19)(H,17,18). The fourth-order valence-electron chi connectivity index (χ4n) is 2.22. The number of benzene rings is 1. The molecule has 0 radical (unpaired) electrons. The molecule has 5 heteroatoms. The fraction of sp³-hybridized carbons (Fsp3) is 0.467. The Hall–Kier alpha value is -2.04. The molecule has 2 unspecified atom stereocenters. The van der Waals surface area contributed by atoms with Gasteiger partial charge in [-0.3, -0.25) is 4.79 Å². The summed E-state index contributed by atoms with van der Waals surface area (Å²) in [7, 11) is 0. The summed E-state index contributed by atoms with van der Waals surface area (Å²) < 4.78 is 5.24. The zero-order valence-electron chi connectivity index (χ0n) is 11.9. The van der Waals surface area contributed by atoms with Crippen LogP contribution in [0.2, 0.25) is 0 Å². The van der Waals surface area contributed by atoms with Gasteiger partial charge in [-0.15, -0.1) is 0 Å². The lowest BCUT2D eigenvalue weighted by atomic mass is 10.1. The number of aryl methyl sites for hydroxylation is 2. The van der Waals surface area contributed by atoms with E-state index in [-0.39, 0.29) is 18.6 Å². The highest BCUT2D eigenvalue weighted by atomic mass is 16.5. The van der Waals surface area contributed by atoms with Crippen molar-refractivity contribution in [2.24, 2.45) is 5.92 Å². The zero-order valence-corrected chi connectivity index (χ0v) is 11.9. The third kappa shape index (κ3) is 3.29. The molecule has 2 rings (SSSR count). The molecule has 0 spiro atoms. The molecule has 5 nitrogen and oxygen atoms in total. The lowest BCUT2D eigenvalue weighted by Gasteiger charge is -2.13. The number of carboxylic acid groups (broad SMARTS) is 1. The van der Waals surface area contributed by atoms with Crippen molar-refractivity contribution in [3.63, 3.8) is 0 Å². The van der Waals surface area contributed by atoms with Gasteiger partial charge in [0.1, 0.15) is 5.75 Å². The normalized spacial score (nSPS) is 20.4. The van der Waals surface area contributed by atoms with E-state index in [0.29, 0.717) is 17.2 Å². The highest BCUT2D eigenvalue weighted by Gasteiger charge is 2.34. The summed E-state index contributed by atoms with van der Waals surface area (Å²) in [6.45, 7) is 5.33. The predicted octanol–water partition coefficient (Wildman–Crippen LogP) is 1.91. The molecule has 1 aromatic carbocycles. The van der Waals surface area contributed by atoms with E-state index in [0.717, 1.165) is 17.5 Å². The summed E-state index contributed by atoms with van der Waals surface area (Å²) in [4.78, 5) is 22.6. The van der Waals surface area contributed by atoms with Gasteiger partial charge in [0.25, 0.3) is 5.91 Å². The smallest absolute Gasteiger partial charge is 0.341 e. The minimum atomic E-state index is -1.02. The Labute approximate surface area is 117 Å². The molecule has 1 aliphatic rings. The van der Waals surface area contributed by atoms with E-state index in [1.807, 2.05) is 0 Å². The molecule has 1 saturated carbocycles. The van der Waals surface area contributed by atoms with E-state index in [4.69, 9.17) is 9.84 Å². The predicted molar refractivity (Wildman–Crippen MR) is 74.1 cm³/mol. The molecule has 20 heavy (non-hydrogen) atoms. The number of ether oxygens (including phenoxy) is 1. The van der Waals surface area contributed by atoms with E-state index in [2.05, 4.69) is 12.2 Å². The van der Waals surface area contributed by atoms with Crippen molar-refractivity contribution < 1.29 is 19.4 Å². The van der Waals surface area contributed by atoms with Crippen molar-refractivity contribution in [2.45, 2.75) is 33.2 Å². The Balaban J connectivity index is 2.12. The van der Waals surface area contributed by atoms with Crippen LogP contribution in [0, 0.1) is 19.8 Å². The number of carboxylic acids is 1. The monoisotopic (exact) mass is 277 g/mol. The second-order valence-corrected chi connectivity index (χ2v) is 5.41. The highest BCUT2D eigenvalue weighted by molar-refractivity contribution is 5.95. The first kappa shape index (κ1) is 14.4. The number of carbonyl (C=O) groups excluding carboxylic acids is 1. The zero-order chi connectivity index (χ0) is 14.9. The average molecular weight is 277 g/mol. The third-order valence-corrected chi connectivity index (χ3v) is 3.49. The number of aliphatic carboxylic acids is 1. The van der Waals surface area contributed by atoms with Crippen LogP contribution in [0.15, 0.2) is 12.1 Å². The summed E-state index contributed by atoms with van der Waals surface area (Å²) in [6, 6.07) is 3.74. The first-order valence-electron chi connectivity index (χ1n) is 6.65. The van der Waals surface area contributed by atoms with Crippen LogP contribution >= 0.6 is 0 Å². The molecule has 1 amide bonds. The minimum absolute atomic E-state index is 0.0877. The number of carbonyl (C=O) groups is 2. The van der Waals surface area contributed by atoms with Gasteiger partial charge in [0.2, 0.25) is 0 Å². The number of hydrogen-bond donors (Lipinski definition) is 2. The third-order valence-electron chi connectivity index (χ3n) is 3.49. The Bertz CT molecular complexity index is 530. The van der Waals surface area contributed by atoms with Gasteiger partial charge in [0.15, 0.2) is 6.61 Å². The Morgan fingerprint density at radius 1 is 1.35 bits per heavy atom. The number of rotatable bonds is 5. The van der Waals surface area contributed by atoms with Crippen molar-refractivity contribution in [1.29, 1.82) is 0 Å². The second kappa shape index (κ2) is 5.53. The molecule has 0 aliphatic heterocycles. The average Bonchev–Trinajstić information content (AvgIpc) is 3.03. The van der Waals surface area contributed by atoms with Crippen LogP contribution in [0.25, 0.3) is 0 Å². The van der Waals surface area contributed by atoms with Crippen LogP contribution in [-0.2, 0) is 4.79 Å². The Morgan fingerprint density at radius 2 is 1.90 bits per heavy atom. The highest BCUT2D eigenvalue weighted by Crippen LogP contribution is 2.30. The lowest BCUT2D eigenvalue weighted by Crippen LogP contribution is -2.26. The summed E-state index contributed by atoms with van der Waals surface area (Å²) >= 11 is 0. The van der Waals surface area contributed by atoms with Crippen molar-refractivity contribution >= 4 is 11.9 Å². The first-order valence-corrected chi connectivity index (χ1v) is 6.65. The molecule has 2 atom stereocenters. The lowest BCUT2D eigenvalue weighted by molar-refractivity contribution is -0.139. The topological polar surface area (TPSA) is 75.6 Å². The molecule has 0 bridgehead atoms. The van der Waals surface area contributed by atoms with Gasteiger partial charge in [0.05, 0.1) is 0 Å². The van der Waals surface area contributed by atoms with Crippen LogP contribution < -0.4 is 10.1 Å². The molecule has 1 aromatic rings. The largest absolute Gasteiger partial charge is 0.481 e. The van der Waals surface area contributed by atoms with Crippen molar-refractivity contribution in [1.82, 2.24) is 5.32 Å². The summed E-state index contributed by atoms with van der Waals surface area (Å²) in [6.07, 6.45) is 1.03. The van der Waals surface area contributed by atoms with Gasteiger partial charge in [0, 0.05) is 11.6 Å². The van der Waals surface area contributed by atoms with Crippen LogP contribution in [0.1, 0.15) is 34.8 Å². The van der Waals surface area contributed by atoms with Gasteiger partial charge < -0.3 is 15.2 Å². The molecular weight excluding hydrogens is 258 g/mol. The van der Waals surface area contributed by atoms with E-state index >= 15 is 0 Å². The first-order chi connectivity index (χ1) is 9.38. The van der Waals surface area contributed by atoms with Gasteiger partial charge in [-0.25, -0.2) is 4.79 Å². The number of amides is 1. The summed E-state index contributed by atoms with van der Waals surface area (Å²) in [5, 5.41) is 11.6. The van der Waals surface area contributed by atoms with Crippen LogP contribution in [-0.4, -0.2) is 29.6 Å². The van der Waals surface area contributed by atoms with E-state index in [1.54, 1.807) is 26.0 Å². The van der Waals surface area contributed by atoms with Crippen LogP contribution in [0.4, 0.5) is 0 Å². The Kier molecular flexibility index (Phi) is 3.97. The molecular formula is C15H19NO4. The van der Waals surface area contributed by atoms with Crippen LogP contribution in [0.3, 0.4) is 0 Å². The molecule has 0 aromatic heterocycles. The maximum absolute atomic E-state index is 12.1. The van der Waals surface area contributed by atoms with E-state index < -0.39 is 5.97 Å². The number of nitrogens with one attached hydrogen (secondary N) is 1. The molecule has 1 aliphatic carbocycles. The summed E-state index contributed by atoms with van der Waals surface area (Å²) in [5.74, 6) is -0.0215.